The summed E-state index contributed by atoms with van der Waals surface area (Å²) < 4.78 is 2.09. The van der Waals surface area contributed by atoms with E-state index in [4.69, 9.17) is 0 Å². The monoisotopic (exact) mass is 312 g/mol. The summed E-state index contributed by atoms with van der Waals surface area (Å²) in [4.78, 5) is 2.47. The molecule has 1 aromatic carbocycles. The largest absolute Gasteiger partial charge is 0.316 e. The molecule has 0 radical (unpaired) electrons. The molecular weight excluding hydrogens is 292 g/mol. The minimum Gasteiger partial charge on any atom is -0.316 e. The van der Waals surface area contributed by atoms with Crippen molar-refractivity contribution >= 4 is 17.4 Å². The van der Waals surface area contributed by atoms with Crippen LogP contribution in [0.25, 0.3) is 5.65 Å². The second-order valence-corrected chi connectivity index (χ2v) is 6.66. The Kier molecular flexibility index (Phi) is 4.45. The van der Waals surface area contributed by atoms with Crippen molar-refractivity contribution in [3.05, 3.63) is 54.0 Å². The number of hydrogen-bond donors (Lipinski definition) is 1. The maximum absolute atomic E-state index is 4.28. The molecule has 0 aliphatic heterocycles. The molecule has 0 aliphatic rings. The van der Waals surface area contributed by atoms with Gasteiger partial charge < -0.3 is 5.32 Å². The van der Waals surface area contributed by atoms with Crippen LogP contribution in [0.2, 0.25) is 0 Å². The van der Waals surface area contributed by atoms with Crippen molar-refractivity contribution in [2.45, 2.75) is 36.1 Å². The van der Waals surface area contributed by atoms with Gasteiger partial charge in [0, 0.05) is 28.5 Å². The van der Waals surface area contributed by atoms with Gasteiger partial charge in [-0.2, -0.15) is 0 Å². The second kappa shape index (κ2) is 6.50. The molecule has 4 nitrogen and oxygen atoms in total. The second-order valence-electron chi connectivity index (χ2n) is 5.55. The van der Waals surface area contributed by atoms with Gasteiger partial charge in [-0.3, -0.25) is 4.40 Å². The minimum absolute atomic E-state index is 0.354. The Morgan fingerprint density at radius 2 is 1.95 bits per heavy atom. The molecular formula is C17H20N4S. The summed E-state index contributed by atoms with van der Waals surface area (Å²) in [6, 6.07) is 12.6. The highest BCUT2D eigenvalue weighted by atomic mass is 32.2. The molecule has 0 saturated heterocycles. The number of fused-ring (bicyclic) bond motifs is 1. The lowest BCUT2D eigenvalue weighted by atomic mass is 10.2. The molecule has 0 fully saturated rings. The van der Waals surface area contributed by atoms with Crippen molar-refractivity contribution in [3.8, 4) is 0 Å². The Hall–Kier alpha value is -1.85. The van der Waals surface area contributed by atoms with Gasteiger partial charge in [0.2, 0.25) is 0 Å². The summed E-state index contributed by atoms with van der Waals surface area (Å²) in [5.74, 6) is 1.35. The third-order valence-corrected chi connectivity index (χ3v) is 4.58. The highest BCUT2D eigenvalue weighted by molar-refractivity contribution is 7.99. The Balaban J connectivity index is 1.96. The van der Waals surface area contributed by atoms with E-state index in [1.165, 1.54) is 15.4 Å². The summed E-state index contributed by atoms with van der Waals surface area (Å²) >= 11 is 1.78. The Morgan fingerprint density at radius 3 is 2.73 bits per heavy atom. The third kappa shape index (κ3) is 3.00. The Morgan fingerprint density at radius 1 is 1.14 bits per heavy atom. The van der Waals surface area contributed by atoms with Gasteiger partial charge in [0.25, 0.3) is 0 Å². The first-order valence-corrected chi connectivity index (χ1v) is 8.25. The fourth-order valence-corrected chi connectivity index (χ4v) is 3.38. The van der Waals surface area contributed by atoms with E-state index in [1.54, 1.807) is 11.8 Å². The summed E-state index contributed by atoms with van der Waals surface area (Å²) in [6.45, 7) is 5.15. The molecule has 0 unspecified atom stereocenters. The molecule has 0 bridgehead atoms. The first-order valence-electron chi connectivity index (χ1n) is 7.44. The van der Waals surface area contributed by atoms with E-state index in [1.807, 2.05) is 13.1 Å². The van der Waals surface area contributed by atoms with Crippen molar-refractivity contribution in [2.75, 3.05) is 7.05 Å². The lowest BCUT2D eigenvalue weighted by Crippen LogP contribution is -2.05. The van der Waals surface area contributed by atoms with Crippen LogP contribution in [0.5, 0.6) is 0 Å². The molecule has 2 aromatic heterocycles. The van der Waals surface area contributed by atoms with Gasteiger partial charge in [0.05, 0.1) is 0 Å². The molecule has 0 spiro atoms. The normalized spacial score (nSPS) is 11.5. The zero-order valence-corrected chi connectivity index (χ0v) is 13.9. The van der Waals surface area contributed by atoms with Crippen molar-refractivity contribution in [1.29, 1.82) is 0 Å². The van der Waals surface area contributed by atoms with Crippen molar-refractivity contribution in [3.63, 3.8) is 0 Å². The van der Waals surface area contributed by atoms with Crippen LogP contribution in [0, 0.1) is 0 Å². The lowest BCUT2D eigenvalue weighted by molar-refractivity contribution is 0.756. The summed E-state index contributed by atoms with van der Waals surface area (Å²) in [5, 5.41) is 11.7. The number of benzene rings is 1. The molecule has 114 valence electrons. The van der Waals surface area contributed by atoms with Gasteiger partial charge in [-0.05, 0) is 30.8 Å². The average Bonchev–Trinajstić information content (AvgIpc) is 2.93. The van der Waals surface area contributed by atoms with Crippen LogP contribution in [0.15, 0.2) is 52.4 Å². The quantitative estimate of drug-likeness (QED) is 0.779. The maximum atomic E-state index is 4.28. The molecule has 3 rings (SSSR count). The number of nitrogens with zero attached hydrogens (tertiary/aromatic N) is 3. The summed E-state index contributed by atoms with van der Waals surface area (Å²) in [5.41, 5.74) is 2.21. The molecule has 3 aromatic rings. The van der Waals surface area contributed by atoms with Gasteiger partial charge >= 0.3 is 0 Å². The number of hydrogen-bond acceptors (Lipinski definition) is 4. The van der Waals surface area contributed by atoms with E-state index < -0.39 is 0 Å². The summed E-state index contributed by atoms with van der Waals surface area (Å²) in [6.07, 6.45) is 2.13. The molecule has 22 heavy (non-hydrogen) atoms. The van der Waals surface area contributed by atoms with E-state index >= 15 is 0 Å². The zero-order valence-electron chi connectivity index (χ0n) is 13.1. The van der Waals surface area contributed by atoms with Crippen molar-refractivity contribution in [1.82, 2.24) is 19.9 Å². The van der Waals surface area contributed by atoms with Crippen molar-refractivity contribution < 1.29 is 0 Å². The van der Waals surface area contributed by atoms with Crippen LogP contribution < -0.4 is 5.32 Å². The third-order valence-electron chi connectivity index (χ3n) is 3.49. The smallest absolute Gasteiger partial charge is 0.160 e. The fourth-order valence-electron chi connectivity index (χ4n) is 2.41. The molecule has 0 amide bonds. The van der Waals surface area contributed by atoms with E-state index in [0.29, 0.717) is 5.92 Å². The molecule has 1 N–H and O–H groups in total. The first kappa shape index (κ1) is 15.1. The van der Waals surface area contributed by atoms with Crippen LogP contribution in [-0.4, -0.2) is 21.6 Å². The zero-order chi connectivity index (χ0) is 15.5. The van der Waals surface area contributed by atoms with E-state index in [0.717, 1.165) is 18.0 Å². The van der Waals surface area contributed by atoms with Gasteiger partial charge in [0.15, 0.2) is 5.65 Å². The van der Waals surface area contributed by atoms with Crippen molar-refractivity contribution in [2.24, 2.45) is 0 Å². The molecule has 0 saturated carbocycles. The van der Waals surface area contributed by atoms with Gasteiger partial charge in [-0.15, -0.1) is 10.2 Å². The van der Waals surface area contributed by atoms with Crippen LogP contribution in [0.1, 0.15) is 31.2 Å². The van der Waals surface area contributed by atoms with Crippen LogP contribution in [0.4, 0.5) is 0 Å². The maximum Gasteiger partial charge on any atom is 0.160 e. The van der Waals surface area contributed by atoms with E-state index in [-0.39, 0.29) is 0 Å². The average molecular weight is 312 g/mol. The number of rotatable bonds is 5. The number of nitrogens with one attached hydrogen (secondary N) is 1. The lowest BCUT2D eigenvalue weighted by Gasteiger charge is -2.09. The van der Waals surface area contributed by atoms with Crippen LogP contribution in [-0.2, 0) is 6.54 Å². The SMILES string of the molecule is CNCc1ccccc1Sc1ccc2nnc(C(C)C)n2c1. The molecule has 2 heterocycles. The first-order chi connectivity index (χ1) is 10.7. The van der Waals surface area contributed by atoms with E-state index in [2.05, 4.69) is 70.3 Å². The highest BCUT2D eigenvalue weighted by Gasteiger charge is 2.10. The van der Waals surface area contributed by atoms with Crippen LogP contribution in [0.3, 0.4) is 0 Å². The van der Waals surface area contributed by atoms with Gasteiger partial charge in [-0.1, -0.05) is 43.8 Å². The highest BCUT2D eigenvalue weighted by Crippen LogP contribution is 2.31. The standard InChI is InChI=1S/C17H20N4S/c1-12(2)17-20-19-16-9-8-14(11-21(16)17)22-15-7-5-4-6-13(15)10-18-3/h4-9,11-12,18H,10H2,1-3H3. The number of pyridine rings is 1. The topological polar surface area (TPSA) is 42.2 Å². The Bertz CT molecular complexity index is 779. The van der Waals surface area contributed by atoms with Gasteiger partial charge in [-0.25, -0.2) is 0 Å². The predicted molar refractivity (Wildman–Crippen MR) is 90.4 cm³/mol. The van der Waals surface area contributed by atoms with E-state index in [9.17, 15) is 0 Å². The summed E-state index contributed by atoms with van der Waals surface area (Å²) in [7, 11) is 1.97. The predicted octanol–water partition coefficient (Wildman–Crippen LogP) is 3.72. The minimum atomic E-state index is 0.354. The Labute approximate surface area is 135 Å². The van der Waals surface area contributed by atoms with Crippen LogP contribution >= 0.6 is 11.8 Å². The number of aromatic nitrogens is 3. The fraction of sp³-hybridized carbons (Fsp3) is 0.294. The molecule has 0 atom stereocenters. The van der Waals surface area contributed by atoms with Gasteiger partial charge in [0.1, 0.15) is 5.82 Å². The molecule has 0 aliphatic carbocycles. The molecule has 5 heteroatoms.